The third-order valence-electron chi connectivity index (χ3n) is 2.66. The molecule has 0 saturated carbocycles. The lowest BCUT2D eigenvalue weighted by atomic mass is 9.93. The summed E-state index contributed by atoms with van der Waals surface area (Å²) >= 11 is 6.60. The molecule has 0 amide bonds. The van der Waals surface area contributed by atoms with Crippen LogP contribution in [0.3, 0.4) is 0 Å². The number of hydrogen-bond acceptors (Lipinski definition) is 4. The number of nitrogens with two attached hydrogens (primary N) is 2. The summed E-state index contributed by atoms with van der Waals surface area (Å²) in [5, 5.41) is 0. The van der Waals surface area contributed by atoms with Crippen molar-refractivity contribution in [3.63, 3.8) is 0 Å². The highest BCUT2D eigenvalue weighted by Gasteiger charge is 2.26. The van der Waals surface area contributed by atoms with Gasteiger partial charge in [-0.2, -0.15) is 0 Å². The minimum absolute atomic E-state index is 0.193. The van der Waals surface area contributed by atoms with Crippen LogP contribution in [-0.2, 0) is 0 Å². The van der Waals surface area contributed by atoms with Crippen molar-refractivity contribution >= 4 is 43.8 Å². The molecule has 1 aromatic rings. The number of nitrogen functional groups attached to an aromatic ring is 1. The molecule has 1 aliphatic rings. The Kier molecular flexibility index (Phi) is 5.98. The highest BCUT2D eigenvalue weighted by Crippen LogP contribution is 2.28. The van der Waals surface area contributed by atoms with Crippen LogP contribution < -0.4 is 11.5 Å². The third-order valence-corrected chi connectivity index (χ3v) is 4.32. The van der Waals surface area contributed by atoms with E-state index < -0.39 is 0 Å². The van der Waals surface area contributed by atoms with Gasteiger partial charge in [-0.3, -0.25) is 9.98 Å². The van der Waals surface area contributed by atoms with Gasteiger partial charge in [0.15, 0.2) is 0 Å². The first-order valence-corrected chi connectivity index (χ1v) is 7.10. The lowest BCUT2D eigenvalue weighted by molar-refractivity contribution is 0.522. The lowest BCUT2D eigenvalue weighted by Crippen LogP contribution is -2.40. The van der Waals surface area contributed by atoms with Crippen LogP contribution in [0.5, 0.6) is 0 Å². The number of hydrogen-bond donors (Lipinski definition) is 2. The minimum Gasteiger partial charge on any atom is -0.398 e. The first kappa shape index (κ1) is 15.3. The van der Waals surface area contributed by atoms with Crippen LogP contribution in [-0.4, -0.2) is 16.7 Å². The maximum absolute atomic E-state index is 6.00. The summed E-state index contributed by atoms with van der Waals surface area (Å²) in [6.45, 7) is 2.08. The average Bonchev–Trinajstić information content (AvgIpc) is 2.38. The predicted molar refractivity (Wildman–Crippen MR) is 83.7 cm³/mol. The highest BCUT2D eigenvalue weighted by molar-refractivity contribution is 9.11. The van der Waals surface area contributed by atoms with E-state index in [1.165, 1.54) is 0 Å². The monoisotopic (exact) mass is 374 g/mol. The Morgan fingerprint density at radius 2 is 2.17 bits per heavy atom. The van der Waals surface area contributed by atoms with Crippen LogP contribution in [0.2, 0.25) is 0 Å². The number of rotatable bonds is 1. The molecule has 6 heteroatoms. The fraction of sp³-hybridized carbons (Fsp3) is 0.333. The largest absolute Gasteiger partial charge is 0.398 e. The smallest absolute Gasteiger partial charge is 0.0588 e. The predicted octanol–water partition coefficient (Wildman–Crippen LogP) is 3.23. The molecular formula is C12H16Br2N4. The van der Waals surface area contributed by atoms with Crippen LogP contribution in [0, 0.1) is 0 Å². The van der Waals surface area contributed by atoms with Crippen molar-refractivity contribution in [3.05, 3.63) is 33.6 Å². The summed E-state index contributed by atoms with van der Waals surface area (Å²) in [7, 11) is 0. The molecule has 2 heterocycles. The van der Waals surface area contributed by atoms with Crippen molar-refractivity contribution < 1.29 is 0 Å². The molecule has 1 atom stereocenters. The first-order chi connectivity index (χ1) is 8.49. The van der Waals surface area contributed by atoms with Crippen LogP contribution in [0.15, 0.2) is 38.6 Å². The van der Waals surface area contributed by atoms with Crippen molar-refractivity contribution in [1.82, 2.24) is 4.98 Å². The van der Waals surface area contributed by atoms with E-state index in [0.717, 1.165) is 27.5 Å². The van der Waals surface area contributed by atoms with Gasteiger partial charge >= 0.3 is 0 Å². The summed E-state index contributed by atoms with van der Waals surface area (Å²) in [6, 6.07) is 1.74. The van der Waals surface area contributed by atoms with Gasteiger partial charge in [0, 0.05) is 41.4 Å². The van der Waals surface area contributed by atoms with Gasteiger partial charge in [0.25, 0.3) is 0 Å². The summed E-state index contributed by atoms with van der Waals surface area (Å²) < 4.78 is 1.85. The van der Waals surface area contributed by atoms with Crippen LogP contribution in [0.1, 0.15) is 19.8 Å². The number of nitrogens with zero attached hydrogens (tertiary/aromatic N) is 2. The quantitative estimate of drug-likeness (QED) is 0.790. The molecule has 0 bridgehead atoms. The molecular weight excluding hydrogens is 360 g/mol. The molecule has 1 aromatic heterocycles. The summed E-state index contributed by atoms with van der Waals surface area (Å²) in [6.07, 6.45) is 8.72. The van der Waals surface area contributed by atoms with Crippen LogP contribution in [0.25, 0.3) is 0 Å². The molecule has 0 aromatic carbocycles. The van der Waals surface area contributed by atoms with Gasteiger partial charge in [0.2, 0.25) is 0 Å². The van der Waals surface area contributed by atoms with E-state index in [2.05, 4.69) is 48.8 Å². The summed E-state index contributed by atoms with van der Waals surface area (Å²) in [5.41, 5.74) is 12.0. The van der Waals surface area contributed by atoms with E-state index in [4.69, 9.17) is 11.5 Å². The molecule has 0 aliphatic carbocycles. The Balaban J connectivity index is 0.000000184. The van der Waals surface area contributed by atoms with Gasteiger partial charge in [0.1, 0.15) is 0 Å². The van der Waals surface area contributed by atoms with Gasteiger partial charge < -0.3 is 11.5 Å². The van der Waals surface area contributed by atoms with E-state index in [1.54, 1.807) is 24.7 Å². The topological polar surface area (TPSA) is 77.3 Å². The van der Waals surface area contributed by atoms with Gasteiger partial charge in [0.05, 0.1) is 10.0 Å². The number of halogens is 2. The van der Waals surface area contributed by atoms with Gasteiger partial charge in [-0.25, -0.2) is 0 Å². The minimum atomic E-state index is -0.193. The second-order valence-electron chi connectivity index (χ2n) is 3.92. The van der Waals surface area contributed by atoms with E-state index in [1.807, 2.05) is 6.21 Å². The molecule has 2 rings (SSSR count). The van der Waals surface area contributed by atoms with Crippen molar-refractivity contribution in [2.75, 3.05) is 5.73 Å². The summed E-state index contributed by atoms with van der Waals surface area (Å²) in [4.78, 5) is 7.81. The Labute approximate surface area is 124 Å². The summed E-state index contributed by atoms with van der Waals surface area (Å²) in [5.74, 6) is 0. The molecule has 0 spiro atoms. The molecule has 4 nitrogen and oxygen atoms in total. The van der Waals surface area contributed by atoms with E-state index in [-0.39, 0.29) is 5.54 Å². The maximum atomic E-state index is 6.00. The number of pyridine rings is 1. The zero-order valence-corrected chi connectivity index (χ0v) is 13.3. The molecule has 0 saturated heterocycles. The maximum Gasteiger partial charge on any atom is 0.0588 e. The molecule has 1 unspecified atom stereocenters. The highest BCUT2D eigenvalue weighted by atomic mass is 79.9. The van der Waals surface area contributed by atoms with E-state index >= 15 is 0 Å². The van der Waals surface area contributed by atoms with Gasteiger partial charge in [-0.15, -0.1) is 0 Å². The Bertz CT molecular complexity index is 438. The second kappa shape index (κ2) is 7.01. The van der Waals surface area contributed by atoms with Crippen LogP contribution >= 0.6 is 31.9 Å². The third kappa shape index (κ3) is 4.19. The van der Waals surface area contributed by atoms with Crippen molar-refractivity contribution in [1.29, 1.82) is 0 Å². The molecule has 98 valence electrons. The standard InChI is InChI=1S/C7H11BrN2.C5H5BrN2/c1-2-7(9)3-4-10-5-6(7)8;6-4-3-8-2-1-5(4)7/h4-5H,2-3,9H2,1H3;1-3H,(H2,7,8). The SMILES string of the molecule is CCC1(N)CC=NC=C1Br.Nc1ccncc1Br. The fourth-order valence-electron chi connectivity index (χ4n) is 1.26. The van der Waals surface area contributed by atoms with E-state index in [9.17, 15) is 0 Å². The number of anilines is 1. The fourth-order valence-corrected chi connectivity index (χ4v) is 2.07. The Hall–Kier alpha value is -0.720. The number of aromatic nitrogens is 1. The van der Waals surface area contributed by atoms with Crippen molar-refractivity contribution in [2.45, 2.75) is 25.3 Å². The van der Waals surface area contributed by atoms with Crippen molar-refractivity contribution in [3.8, 4) is 0 Å². The van der Waals surface area contributed by atoms with Crippen LogP contribution in [0.4, 0.5) is 5.69 Å². The van der Waals surface area contributed by atoms with E-state index in [0.29, 0.717) is 0 Å². The molecule has 0 radical (unpaired) electrons. The van der Waals surface area contributed by atoms with Gasteiger partial charge in [-0.1, -0.05) is 22.9 Å². The Morgan fingerprint density at radius 3 is 2.56 bits per heavy atom. The van der Waals surface area contributed by atoms with Gasteiger partial charge in [-0.05, 0) is 28.4 Å². The Morgan fingerprint density at radius 1 is 1.44 bits per heavy atom. The average molecular weight is 376 g/mol. The molecule has 4 N–H and O–H groups in total. The zero-order chi connectivity index (χ0) is 13.6. The molecule has 18 heavy (non-hydrogen) atoms. The second-order valence-corrected chi connectivity index (χ2v) is 5.63. The van der Waals surface area contributed by atoms with Crippen molar-refractivity contribution in [2.24, 2.45) is 10.7 Å². The lowest BCUT2D eigenvalue weighted by Gasteiger charge is -2.27. The number of aliphatic imine (C=N–C) groups is 1. The normalized spacial score (nSPS) is 21.9. The zero-order valence-electron chi connectivity index (χ0n) is 10.1. The molecule has 0 fully saturated rings. The molecule has 1 aliphatic heterocycles. The first-order valence-electron chi connectivity index (χ1n) is 5.51.